The first kappa shape index (κ1) is 13.8. The molecule has 5 rings (SSSR count). The van der Waals surface area contributed by atoms with E-state index in [1.54, 1.807) is 0 Å². The molecule has 1 nitrogen and oxygen atoms in total. The highest BCUT2D eigenvalue weighted by molar-refractivity contribution is 5.87. The topological polar surface area (TPSA) is 17.1 Å². The second kappa shape index (κ2) is 4.08. The number of Topliss-reactive ketones (excluding diaryl/α,β-unsaturated/α-hetero) is 1. The Bertz CT molecular complexity index is 556. The number of hydrogen-bond donors (Lipinski definition) is 0. The molecule has 120 valence electrons. The number of carbonyl (C=O) groups excluding carboxylic acids is 1. The Morgan fingerprint density at radius 1 is 1.00 bits per heavy atom. The molecule has 22 heavy (non-hydrogen) atoms. The maximum atomic E-state index is 12.5. The summed E-state index contributed by atoms with van der Waals surface area (Å²) < 4.78 is 0. The molecule has 0 radical (unpaired) electrons. The smallest absolute Gasteiger partial charge is 0.139 e. The van der Waals surface area contributed by atoms with Crippen molar-refractivity contribution in [1.29, 1.82) is 0 Å². The van der Waals surface area contributed by atoms with Crippen molar-refractivity contribution in [2.75, 3.05) is 0 Å². The molecule has 0 aromatic carbocycles. The Hall–Kier alpha value is -0.590. The summed E-state index contributed by atoms with van der Waals surface area (Å²) in [6.45, 7) is 4.97. The van der Waals surface area contributed by atoms with Crippen molar-refractivity contribution in [3.8, 4) is 0 Å². The van der Waals surface area contributed by atoms with Gasteiger partial charge in [0.25, 0.3) is 0 Å². The van der Waals surface area contributed by atoms with Gasteiger partial charge in [-0.15, -0.1) is 0 Å². The Morgan fingerprint density at radius 3 is 2.59 bits per heavy atom. The molecule has 0 bridgehead atoms. The maximum absolute atomic E-state index is 12.5. The van der Waals surface area contributed by atoms with Crippen LogP contribution in [-0.4, -0.2) is 5.78 Å². The van der Waals surface area contributed by atoms with Crippen molar-refractivity contribution >= 4 is 5.78 Å². The van der Waals surface area contributed by atoms with Gasteiger partial charge < -0.3 is 0 Å². The Morgan fingerprint density at radius 2 is 1.82 bits per heavy atom. The normalized spacial score (nSPS) is 54.7. The van der Waals surface area contributed by atoms with E-state index in [1.165, 1.54) is 51.4 Å². The van der Waals surface area contributed by atoms with Crippen LogP contribution in [-0.2, 0) is 4.79 Å². The summed E-state index contributed by atoms with van der Waals surface area (Å²) in [5, 5.41) is 0. The standard InChI is InChI=1S/C21H30O/c1-19-11-9-17-15(16(19)7-8-18(19)22)6-5-14-4-3-10-21(12-13-21)20(14,17)2/h3,10,14-17H,4-9,11-13H2,1-2H3/t14-,15+,16+,17+,19+,20+/m1/s1. The summed E-state index contributed by atoms with van der Waals surface area (Å²) in [4.78, 5) is 12.5. The fraction of sp³-hybridized carbons (Fsp3) is 0.857. The van der Waals surface area contributed by atoms with E-state index in [1.807, 2.05) is 0 Å². The third-order valence-corrected chi connectivity index (χ3v) is 9.33. The molecule has 0 aliphatic heterocycles. The van der Waals surface area contributed by atoms with Crippen LogP contribution in [0.15, 0.2) is 12.2 Å². The molecule has 0 aromatic heterocycles. The summed E-state index contributed by atoms with van der Waals surface area (Å²) >= 11 is 0. The van der Waals surface area contributed by atoms with E-state index in [0.29, 0.717) is 22.5 Å². The zero-order valence-electron chi connectivity index (χ0n) is 14.2. The number of rotatable bonds is 0. The fourth-order valence-electron chi connectivity index (χ4n) is 7.82. The van der Waals surface area contributed by atoms with E-state index < -0.39 is 0 Å². The predicted molar refractivity (Wildman–Crippen MR) is 88.3 cm³/mol. The van der Waals surface area contributed by atoms with E-state index in [-0.39, 0.29) is 5.41 Å². The predicted octanol–water partition coefficient (Wildman–Crippen LogP) is 5.15. The Kier molecular flexibility index (Phi) is 2.56. The van der Waals surface area contributed by atoms with Crippen molar-refractivity contribution in [3.63, 3.8) is 0 Å². The second-order valence-electron chi connectivity index (χ2n) is 9.65. The lowest BCUT2D eigenvalue weighted by Crippen LogP contribution is -2.55. The van der Waals surface area contributed by atoms with Crippen LogP contribution in [0.25, 0.3) is 0 Å². The van der Waals surface area contributed by atoms with Gasteiger partial charge in [0.15, 0.2) is 0 Å². The molecule has 5 aliphatic carbocycles. The summed E-state index contributed by atoms with van der Waals surface area (Å²) in [6.07, 6.45) is 16.7. The van der Waals surface area contributed by atoms with Gasteiger partial charge in [0, 0.05) is 11.8 Å². The first-order valence-corrected chi connectivity index (χ1v) is 9.72. The molecule has 0 saturated heterocycles. The summed E-state index contributed by atoms with van der Waals surface area (Å²) in [5.74, 6) is 3.95. The van der Waals surface area contributed by atoms with Crippen LogP contribution in [0.1, 0.15) is 71.6 Å². The van der Waals surface area contributed by atoms with Gasteiger partial charge in [-0.25, -0.2) is 0 Å². The number of fused-ring (bicyclic) bond motifs is 6. The Labute approximate surface area is 134 Å². The highest BCUT2D eigenvalue weighted by atomic mass is 16.1. The SMILES string of the molecule is C[C@@]12[C@H](CC=CC13CC3)CC[C@@H]1[C@@H]2CC[C@]2(C)C(=O)CC[C@@H]12. The molecule has 0 aromatic rings. The molecule has 4 fully saturated rings. The Balaban J connectivity index is 1.56. The molecule has 6 atom stereocenters. The third-order valence-electron chi connectivity index (χ3n) is 9.33. The molecular formula is C21H30O. The lowest BCUT2D eigenvalue weighted by molar-refractivity contribution is -0.141. The van der Waals surface area contributed by atoms with Gasteiger partial charge in [-0.3, -0.25) is 4.79 Å². The first-order valence-electron chi connectivity index (χ1n) is 9.72. The molecular weight excluding hydrogens is 268 g/mol. The maximum Gasteiger partial charge on any atom is 0.139 e. The van der Waals surface area contributed by atoms with Gasteiger partial charge in [0.05, 0.1) is 0 Å². The van der Waals surface area contributed by atoms with Crippen LogP contribution < -0.4 is 0 Å². The van der Waals surface area contributed by atoms with Crippen molar-refractivity contribution in [3.05, 3.63) is 12.2 Å². The molecule has 1 heteroatoms. The lowest BCUT2D eigenvalue weighted by atomic mass is 9.43. The van der Waals surface area contributed by atoms with Gasteiger partial charge in [0.1, 0.15) is 5.78 Å². The summed E-state index contributed by atoms with van der Waals surface area (Å²) in [7, 11) is 0. The molecule has 0 N–H and O–H groups in total. The minimum atomic E-state index is 0.0472. The van der Waals surface area contributed by atoms with Crippen molar-refractivity contribution in [2.45, 2.75) is 71.6 Å². The molecule has 5 aliphatic rings. The van der Waals surface area contributed by atoms with Gasteiger partial charge >= 0.3 is 0 Å². The minimum absolute atomic E-state index is 0.0472. The molecule has 0 heterocycles. The van der Waals surface area contributed by atoms with E-state index in [0.717, 1.165) is 24.2 Å². The second-order valence-corrected chi connectivity index (χ2v) is 9.65. The molecule has 0 unspecified atom stereocenters. The monoisotopic (exact) mass is 298 g/mol. The van der Waals surface area contributed by atoms with Gasteiger partial charge in [-0.1, -0.05) is 26.0 Å². The van der Waals surface area contributed by atoms with Gasteiger partial charge in [-0.05, 0) is 85.9 Å². The average Bonchev–Trinajstić information content (AvgIpc) is 3.22. The van der Waals surface area contributed by atoms with Gasteiger partial charge in [0.2, 0.25) is 0 Å². The zero-order valence-corrected chi connectivity index (χ0v) is 14.2. The number of carbonyl (C=O) groups is 1. The average molecular weight is 298 g/mol. The summed E-state index contributed by atoms with van der Waals surface area (Å²) in [5.41, 5.74) is 1.14. The van der Waals surface area contributed by atoms with Crippen LogP contribution in [0.2, 0.25) is 0 Å². The van der Waals surface area contributed by atoms with Crippen LogP contribution in [0.5, 0.6) is 0 Å². The highest BCUT2D eigenvalue weighted by Gasteiger charge is 2.67. The molecule has 4 saturated carbocycles. The third kappa shape index (κ3) is 1.41. The van der Waals surface area contributed by atoms with E-state index in [4.69, 9.17) is 0 Å². The largest absolute Gasteiger partial charge is 0.299 e. The minimum Gasteiger partial charge on any atom is -0.299 e. The quantitative estimate of drug-likeness (QED) is 0.565. The number of ketones is 1. The molecule has 1 spiro atoms. The van der Waals surface area contributed by atoms with Crippen molar-refractivity contribution in [1.82, 2.24) is 0 Å². The van der Waals surface area contributed by atoms with E-state index in [2.05, 4.69) is 26.0 Å². The van der Waals surface area contributed by atoms with Crippen molar-refractivity contribution in [2.24, 2.45) is 39.9 Å². The lowest BCUT2D eigenvalue weighted by Gasteiger charge is -2.61. The highest BCUT2D eigenvalue weighted by Crippen LogP contribution is 2.74. The van der Waals surface area contributed by atoms with Gasteiger partial charge in [-0.2, -0.15) is 0 Å². The van der Waals surface area contributed by atoms with E-state index in [9.17, 15) is 4.79 Å². The van der Waals surface area contributed by atoms with Crippen LogP contribution in [0.3, 0.4) is 0 Å². The van der Waals surface area contributed by atoms with Crippen molar-refractivity contribution < 1.29 is 4.79 Å². The van der Waals surface area contributed by atoms with Crippen LogP contribution in [0, 0.1) is 39.9 Å². The fourth-order valence-corrected chi connectivity index (χ4v) is 7.82. The number of allylic oxidation sites excluding steroid dienone is 2. The zero-order chi connectivity index (χ0) is 15.2. The molecule has 0 amide bonds. The van der Waals surface area contributed by atoms with E-state index >= 15 is 0 Å². The van der Waals surface area contributed by atoms with Crippen LogP contribution in [0.4, 0.5) is 0 Å². The number of hydrogen-bond acceptors (Lipinski definition) is 1. The summed E-state index contributed by atoms with van der Waals surface area (Å²) in [6, 6.07) is 0. The van der Waals surface area contributed by atoms with Crippen LogP contribution >= 0.6 is 0 Å². The first-order chi connectivity index (χ1) is 10.5.